The van der Waals surface area contributed by atoms with Gasteiger partial charge in [0.25, 0.3) is 5.91 Å². The molecule has 2 aliphatic heterocycles. The van der Waals surface area contributed by atoms with E-state index in [2.05, 4.69) is 17.6 Å². The van der Waals surface area contributed by atoms with Gasteiger partial charge in [0.05, 0.1) is 10.6 Å². The van der Waals surface area contributed by atoms with Crippen molar-refractivity contribution in [2.75, 3.05) is 25.0 Å². The number of carbonyl (C=O) groups excluding carboxylic acids is 2. The molecule has 8 nitrogen and oxygen atoms in total. The Kier molecular flexibility index (Phi) is 6.95. The number of fused-ring (bicyclic) bond motifs is 1. The maximum Gasteiger partial charge on any atom is 0.265 e. The van der Waals surface area contributed by atoms with Crippen molar-refractivity contribution in [3.8, 4) is 5.75 Å². The van der Waals surface area contributed by atoms with Gasteiger partial charge < -0.3 is 15.4 Å². The fourth-order valence-electron chi connectivity index (χ4n) is 4.42. The second kappa shape index (κ2) is 9.76. The van der Waals surface area contributed by atoms with E-state index in [-0.39, 0.29) is 41.6 Å². The van der Waals surface area contributed by atoms with Gasteiger partial charge in [0, 0.05) is 31.6 Å². The molecule has 2 N–H and O–H groups in total. The number of aryl methyl sites for hydroxylation is 1. The van der Waals surface area contributed by atoms with Crippen molar-refractivity contribution >= 4 is 27.5 Å². The lowest BCUT2D eigenvalue weighted by molar-refractivity contribution is -0.126. The van der Waals surface area contributed by atoms with E-state index in [9.17, 15) is 18.0 Å². The fraction of sp³-hybridized carbons (Fsp3) is 0.440. The molecule has 0 radical (unpaired) electrons. The van der Waals surface area contributed by atoms with Crippen LogP contribution in [0.4, 0.5) is 5.69 Å². The average Bonchev–Trinajstić information content (AvgIpc) is 2.83. The van der Waals surface area contributed by atoms with E-state index in [0.29, 0.717) is 36.4 Å². The molecule has 2 heterocycles. The van der Waals surface area contributed by atoms with E-state index in [1.54, 1.807) is 19.9 Å². The highest BCUT2D eigenvalue weighted by Crippen LogP contribution is 2.36. The van der Waals surface area contributed by atoms with Crippen LogP contribution < -0.4 is 15.4 Å². The largest absolute Gasteiger partial charge is 0.479 e. The summed E-state index contributed by atoms with van der Waals surface area (Å²) in [4.78, 5) is 24.7. The van der Waals surface area contributed by atoms with Crippen molar-refractivity contribution in [3.63, 3.8) is 0 Å². The molecule has 1 saturated heterocycles. The monoisotopic (exact) mass is 485 g/mol. The van der Waals surface area contributed by atoms with Gasteiger partial charge in [-0.3, -0.25) is 9.59 Å². The van der Waals surface area contributed by atoms with Crippen LogP contribution >= 0.6 is 0 Å². The second-order valence-corrected chi connectivity index (χ2v) is 11.0. The zero-order chi connectivity index (χ0) is 24.5. The number of ether oxygens (including phenoxy) is 1. The first-order valence-corrected chi connectivity index (χ1v) is 13.1. The molecule has 1 fully saturated rings. The summed E-state index contributed by atoms with van der Waals surface area (Å²) in [5.41, 5.74) is 2.17. The average molecular weight is 486 g/mol. The standard InChI is InChI=1S/C25H31N3O5S/c1-16-13-21-22(33-18(3)24(29)27-21)14-23(16)34(31,32)28-11-9-20(10-12-28)25(30)26-15-17(2)19-7-5-4-6-8-19/h4-8,13-14,17-18,20H,9-12,15H2,1-3H3,(H,26,30)(H,27,29)/t17-,18-/m0/s1. The van der Waals surface area contributed by atoms with E-state index in [1.807, 2.05) is 30.3 Å². The van der Waals surface area contributed by atoms with Crippen molar-refractivity contribution in [1.82, 2.24) is 9.62 Å². The van der Waals surface area contributed by atoms with Crippen LogP contribution in [0.25, 0.3) is 0 Å². The van der Waals surface area contributed by atoms with Gasteiger partial charge in [-0.25, -0.2) is 8.42 Å². The first-order chi connectivity index (χ1) is 16.2. The highest BCUT2D eigenvalue weighted by atomic mass is 32.2. The number of sulfonamides is 1. The highest BCUT2D eigenvalue weighted by molar-refractivity contribution is 7.89. The van der Waals surface area contributed by atoms with Crippen molar-refractivity contribution in [2.45, 2.75) is 50.5 Å². The molecule has 0 aliphatic carbocycles. The lowest BCUT2D eigenvalue weighted by Gasteiger charge is -2.32. The second-order valence-electron chi connectivity index (χ2n) is 9.10. The van der Waals surface area contributed by atoms with Crippen LogP contribution in [0.3, 0.4) is 0 Å². The van der Waals surface area contributed by atoms with Crippen LogP contribution in [0.15, 0.2) is 47.4 Å². The quantitative estimate of drug-likeness (QED) is 0.654. The molecule has 0 spiro atoms. The van der Waals surface area contributed by atoms with E-state index >= 15 is 0 Å². The zero-order valence-corrected chi connectivity index (χ0v) is 20.5. The Morgan fingerprint density at radius 3 is 2.56 bits per heavy atom. The van der Waals surface area contributed by atoms with Crippen LogP contribution in [0.2, 0.25) is 0 Å². The van der Waals surface area contributed by atoms with Gasteiger partial charge in [-0.2, -0.15) is 4.31 Å². The third-order valence-corrected chi connectivity index (χ3v) is 8.64. The van der Waals surface area contributed by atoms with E-state index in [0.717, 1.165) is 0 Å². The number of nitrogens with zero attached hydrogens (tertiary/aromatic N) is 1. The van der Waals surface area contributed by atoms with Gasteiger partial charge in [0.15, 0.2) is 6.10 Å². The molecule has 0 aromatic heterocycles. The molecular weight excluding hydrogens is 454 g/mol. The number of hydrogen-bond donors (Lipinski definition) is 2. The first kappa shape index (κ1) is 24.2. The molecule has 0 saturated carbocycles. The van der Waals surface area contributed by atoms with Crippen LogP contribution in [0.1, 0.15) is 43.7 Å². The van der Waals surface area contributed by atoms with Crippen molar-refractivity contribution in [3.05, 3.63) is 53.6 Å². The number of amides is 2. The number of hydrogen-bond acceptors (Lipinski definition) is 5. The van der Waals surface area contributed by atoms with Gasteiger partial charge in [0.1, 0.15) is 5.75 Å². The van der Waals surface area contributed by atoms with E-state index < -0.39 is 16.1 Å². The maximum absolute atomic E-state index is 13.4. The smallest absolute Gasteiger partial charge is 0.265 e. The Hall–Kier alpha value is -2.91. The van der Waals surface area contributed by atoms with E-state index in [4.69, 9.17) is 4.74 Å². The lowest BCUT2D eigenvalue weighted by Crippen LogP contribution is -2.43. The predicted octanol–water partition coefficient (Wildman–Crippen LogP) is 3.04. The molecule has 2 aromatic carbocycles. The number of piperidine rings is 1. The highest BCUT2D eigenvalue weighted by Gasteiger charge is 2.34. The molecule has 2 aliphatic rings. The molecule has 0 bridgehead atoms. The van der Waals surface area contributed by atoms with Crippen molar-refractivity contribution in [1.29, 1.82) is 0 Å². The molecule has 0 unspecified atom stereocenters. The predicted molar refractivity (Wildman–Crippen MR) is 129 cm³/mol. The summed E-state index contributed by atoms with van der Waals surface area (Å²) in [7, 11) is -3.76. The number of benzene rings is 2. The summed E-state index contributed by atoms with van der Waals surface area (Å²) in [5, 5.41) is 5.77. The molecule has 4 rings (SSSR count). The summed E-state index contributed by atoms with van der Waals surface area (Å²) in [6.45, 7) is 6.48. The first-order valence-electron chi connectivity index (χ1n) is 11.6. The number of anilines is 1. The van der Waals surface area contributed by atoms with Crippen LogP contribution in [0.5, 0.6) is 5.75 Å². The van der Waals surface area contributed by atoms with Gasteiger partial charge in [-0.1, -0.05) is 37.3 Å². The minimum Gasteiger partial charge on any atom is -0.479 e. The van der Waals surface area contributed by atoms with E-state index in [1.165, 1.54) is 15.9 Å². The van der Waals surface area contributed by atoms with Gasteiger partial charge >= 0.3 is 0 Å². The summed E-state index contributed by atoms with van der Waals surface area (Å²) in [6.07, 6.45) is 0.251. The topological polar surface area (TPSA) is 105 Å². The van der Waals surface area contributed by atoms with Crippen LogP contribution in [-0.2, 0) is 19.6 Å². The van der Waals surface area contributed by atoms with Gasteiger partial charge in [0.2, 0.25) is 15.9 Å². The Morgan fingerprint density at radius 2 is 1.88 bits per heavy atom. The molecule has 2 amide bonds. The van der Waals surface area contributed by atoms with Crippen LogP contribution in [-0.4, -0.2) is 50.3 Å². The zero-order valence-electron chi connectivity index (χ0n) is 19.7. The van der Waals surface area contributed by atoms with Crippen molar-refractivity contribution < 1.29 is 22.7 Å². The number of carbonyl (C=O) groups is 2. The minimum atomic E-state index is -3.76. The Bertz CT molecular complexity index is 1170. The maximum atomic E-state index is 13.4. The summed E-state index contributed by atoms with van der Waals surface area (Å²) >= 11 is 0. The summed E-state index contributed by atoms with van der Waals surface area (Å²) < 4.78 is 33.8. The fourth-order valence-corrected chi connectivity index (χ4v) is 6.11. The van der Waals surface area contributed by atoms with Crippen LogP contribution in [0, 0.1) is 12.8 Å². The molecular formula is C25H31N3O5S. The minimum absolute atomic E-state index is 0.0251. The third-order valence-electron chi connectivity index (χ3n) is 6.60. The third kappa shape index (κ3) is 4.95. The summed E-state index contributed by atoms with van der Waals surface area (Å²) in [6, 6.07) is 13.1. The normalized spacial score (nSPS) is 20.1. The van der Waals surface area contributed by atoms with Gasteiger partial charge in [-0.15, -0.1) is 0 Å². The molecule has 2 atom stereocenters. The molecule has 2 aromatic rings. The number of rotatable bonds is 6. The lowest BCUT2D eigenvalue weighted by atomic mass is 9.96. The molecule has 34 heavy (non-hydrogen) atoms. The van der Waals surface area contributed by atoms with Gasteiger partial charge in [-0.05, 0) is 49.8 Å². The molecule has 9 heteroatoms. The Morgan fingerprint density at radius 1 is 1.21 bits per heavy atom. The molecule has 182 valence electrons. The SMILES string of the molecule is Cc1cc2c(cc1S(=O)(=O)N1CCC(C(=O)NC[C@H](C)c3ccccc3)CC1)O[C@@H](C)C(=O)N2. The Labute approximate surface area is 200 Å². The van der Waals surface area contributed by atoms with Crippen molar-refractivity contribution in [2.24, 2.45) is 5.92 Å². The Balaban J connectivity index is 1.37. The number of nitrogens with one attached hydrogen (secondary N) is 2. The summed E-state index contributed by atoms with van der Waals surface area (Å²) in [5.74, 6) is 0.0489.